The summed E-state index contributed by atoms with van der Waals surface area (Å²) in [5, 5.41) is 5.62. The zero-order valence-electron chi connectivity index (χ0n) is 15.2. The van der Waals surface area contributed by atoms with Crippen molar-refractivity contribution in [3.8, 4) is 0 Å². The van der Waals surface area contributed by atoms with E-state index in [1.165, 1.54) is 6.92 Å². The molecule has 140 valence electrons. The quantitative estimate of drug-likeness (QED) is 0.847. The second kappa shape index (κ2) is 8.26. The predicted octanol–water partition coefficient (Wildman–Crippen LogP) is 3.50. The van der Waals surface area contributed by atoms with E-state index >= 15 is 0 Å². The summed E-state index contributed by atoms with van der Waals surface area (Å²) < 4.78 is 0. The number of carbonyl (C=O) groups is 3. The van der Waals surface area contributed by atoms with Crippen LogP contribution in [-0.2, 0) is 14.4 Å². The average Bonchev–Trinajstić information content (AvgIpc) is 2.70. The molecule has 0 bridgehead atoms. The zero-order chi connectivity index (χ0) is 19.4. The van der Waals surface area contributed by atoms with Crippen LogP contribution < -0.4 is 15.5 Å². The maximum atomic E-state index is 12.6. The van der Waals surface area contributed by atoms with Crippen LogP contribution in [0.15, 0.2) is 53.4 Å². The molecule has 0 spiro atoms. The minimum atomic E-state index is -0.294. The molecule has 1 atom stereocenters. The van der Waals surface area contributed by atoms with Gasteiger partial charge in [0.15, 0.2) is 0 Å². The minimum absolute atomic E-state index is 0.0620. The van der Waals surface area contributed by atoms with Gasteiger partial charge in [-0.15, -0.1) is 11.8 Å². The second-order valence-corrected chi connectivity index (χ2v) is 7.87. The van der Waals surface area contributed by atoms with E-state index in [1.54, 1.807) is 40.9 Å². The van der Waals surface area contributed by atoms with E-state index in [0.29, 0.717) is 17.8 Å². The summed E-state index contributed by atoms with van der Waals surface area (Å²) >= 11 is 1.64. The van der Waals surface area contributed by atoms with E-state index in [1.807, 2.05) is 31.2 Å². The number of carbonyl (C=O) groups excluding carboxylic acids is 3. The van der Waals surface area contributed by atoms with Gasteiger partial charge in [-0.3, -0.25) is 14.4 Å². The lowest BCUT2D eigenvalue weighted by Crippen LogP contribution is -2.38. The van der Waals surface area contributed by atoms with Crippen molar-refractivity contribution < 1.29 is 14.4 Å². The Morgan fingerprint density at radius 3 is 2.56 bits per heavy atom. The van der Waals surface area contributed by atoms with Crippen molar-refractivity contribution in [2.24, 2.45) is 0 Å². The molecule has 2 aromatic carbocycles. The van der Waals surface area contributed by atoms with Crippen LogP contribution in [0.1, 0.15) is 20.3 Å². The van der Waals surface area contributed by atoms with Crippen LogP contribution in [0.3, 0.4) is 0 Å². The van der Waals surface area contributed by atoms with E-state index in [4.69, 9.17) is 0 Å². The first kappa shape index (κ1) is 19.0. The van der Waals surface area contributed by atoms with E-state index in [0.717, 1.165) is 10.6 Å². The Kier molecular flexibility index (Phi) is 5.81. The number of hydrogen-bond donors (Lipinski definition) is 2. The summed E-state index contributed by atoms with van der Waals surface area (Å²) in [7, 11) is 0. The molecule has 3 amide bonds. The maximum absolute atomic E-state index is 12.6. The third kappa shape index (κ3) is 4.89. The SMILES string of the molecule is CC(=O)Nc1cccc(NC(=O)CN2C(=O)C[C@@H](C)Sc3ccccc32)c1. The number of amides is 3. The predicted molar refractivity (Wildman–Crippen MR) is 108 cm³/mol. The molecule has 6 nitrogen and oxygen atoms in total. The number of hydrogen-bond acceptors (Lipinski definition) is 4. The normalized spacial score (nSPS) is 16.3. The summed E-state index contributed by atoms with van der Waals surface area (Å²) in [5.41, 5.74) is 1.92. The fourth-order valence-electron chi connectivity index (χ4n) is 2.92. The van der Waals surface area contributed by atoms with E-state index in [-0.39, 0.29) is 29.5 Å². The molecule has 2 N–H and O–H groups in total. The molecule has 0 saturated carbocycles. The summed E-state index contributed by atoms with van der Waals surface area (Å²) in [6.07, 6.45) is 0.380. The highest BCUT2D eigenvalue weighted by Gasteiger charge is 2.27. The molecule has 2 aromatic rings. The summed E-state index contributed by atoms with van der Waals surface area (Å²) in [6.45, 7) is 3.37. The number of anilines is 3. The molecule has 1 aliphatic heterocycles. The smallest absolute Gasteiger partial charge is 0.244 e. The van der Waals surface area contributed by atoms with Gasteiger partial charge in [0.1, 0.15) is 6.54 Å². The van der Waals surface area contributed by atoms with Crippen LogP contribution >= 0.6 is 11.8 Å². The van der Waals surface area contributed by atoms with E-state index in [2.05, 4.69) is 10.6 Å². The van der Waals surface area contributed by atoms with Crippen molar-refractivity contribution in [1.29, 1.82) is 0 Å². The Bertz CT molecular complexity index is 884. The first-order valence-corrected chi connectivity index (χ1v) is 9.54. The Balaban J connectivity index is 1.75. The third-order valence-corrected chi connectivity index (χ3v) is 5.18. The van der Waals surface area contributed by atoms with Gasteiger partial charge in [-0.2, -0.15) is 0 Å². The van der Waals surface area contributed by atoms with Crippen LogP contribution in [0.4, 0.5) is 17.1 Å². The average molecular weight is 383 g/mol. The number of thioether (sulfide) groups is 1. The molecule has 0 saturated heterocycles. The zero-order valence-corrected chi connectivity index (χ0v) is 16.0. The Morgan fingerprint density at radius 1 is 1.11 bits per heavy atom. The van der Waals surface area contributed by atoms with Gasteiger partial charge in [0.05, 0.1) is 5.69 Å². The standard InChI is InChI=1S/C20H21N3O3S/c1-13-10-20(26)23(17-8-3-4-9-18(17)27-13)12-19(25)22-16-7-5-6-15(11-16)21-14(2)24/h3-9,11,13H,10,12H2,1-2H3,(H,21,24)(H,22,25)/t13-/m1/s1. The van der Waals surface area contributed by atoms with Crippen LogP contribution in [0.2, 0.25) is 0 Å². The molecular weight excluding hydrogens is 362 g/mol. The highest BCUT2D eigenvalue weighted by atomic mass is 32.2. The lowest BCUT2D eigenvalue weighted by molar-refractivity contribution is -0.121. The van der Waals surface area contributed by atoms with Gasteiger partial charge < -0.3 is 15.5 Å². The molecule has 3 rings (SSSR count). The molecule has 0 aromatic heterocycles. The van der Waals surface area contributed by atoms with Crippen LogP contribution in [0.25, 0.3) is 0 Å². The number of benzene rings is 2. The molecule has 7 heteroatoms. The third-order valence-electron chi connectivity index (χ3n) is 4.02. The first-order valence-electron chi connectivity index (χ1n) is 8.66. The number of fused-ring (bicyclic) bond motifs is 1. The highest BCUT2D eigenvalue weighted by Crippen LogP contribution is 2.37. The summed E-state index contributed by atoms with van der Waals surface area (Å²) in [6, 6.07) is 14.5. The van der Waals surface area contributed by atoms with E-state index < -0.39 is 0 Å². The van der Waals surface area contributed by atoms with Gasteiger partial charge >= 0.3 is 0 Å². The van der Waals surface area contributed by atoms with Gasteiger partial charge in [0.25, 0.3) is 0 Å². The monoisotopic (exact) mass is 383 g/mol. The van der Waals surface area contributed by atoms with Gasteiger partial charge in [0, 0.05) is 34.9 Å². The van der Waals surface area contributed by atoms with E-state index in [9.17, 15) is 14.4 Å². The van der Waals surface area contributed by atoms with Crippen LogP contribution in [0, 0.1) is 0 Å². The maximum Gasteiger partial charge on any atom is 0.244 e. The number of rotatable bonds is 4. The molecule has 1 heterocycles. The first-order chi connectivity index (χ1) is 12.9. The van der Waals surface area contributed by atoms with Crippen LogP contribution in [0.5, 0.6) is 0 Å². The number of nitrogens with one attached hydrogen (secondary N) is 2. The fraction of sp³-hybridized carbons (Fsp3) is 0.250. The molecule has 0 aliphatic carbocycles. The molecule has 0 radical (unpaired) electrons. The Morgan fingerprint density at radius 2 is 1.81 bits per heavy atom. The summed E-state index contributed by atoms with van der Waals surface area (Å²) in [4.78, 5) is 38.9. The number of para-hydroxylation sites is 1. The highest BCUT2D eigenvalue weighted by molar-refractivity contribution is 8.00. The lowest BCUT2D eigenvalue weighted by atomic mass is 10.2. The minimum Gasteiger partial charge on any atom is -0.326 e. The van der Waals surface area contributed by atoms with Crippen molar-refractivity contribution in [2.75, 3.05) is 22.1 Å². The second-order valence-electron chi connectivity index (χ2n) is 6.39. The van der Waals surface area contributed by atoms with Crippen LogP contribution in [-0.4, -0.2) is 29.5 Å². The van der Waals surface area contributed by atoms with Crippen molar-refractivity contribution in [3.63, 3.8) is 0 Å². The van der Waals surface area contributed by atoms with Gasteiger partial charge in [-0.1, -0.05) is 25.1 Å². The Labute approximate surface area is 162 Å². The lowest BCUT2D eigenvalue weighted by Gasteiger charge is -2.22. The van der Waals surface area contributed by atoms with Crippen molar-refractivity contribution >= 4 is 46.5 Å². The van der Waals surface area contributed by atoms with Crippen molar-refractivity contribution in [1.82, 2.24) is 0 Å². The molecule has 0 fully saturated rings. The fourth-order valence-corrected chi connectivity index (χ4v) is 4.04. The Hall–Kier alpha value is -2.80. The molecule has 27 heavy (non-hydrogen) atoms. The van der Waals surface area contributed by atoms with Gasteiger partial charge in [0.2, 0.25) is 17.7 Å². The van der Waals surface area contributed by atoms with Gasteiger partial charge in [-0.25, -0.2) is 0 Å². The van der Waals surface area contributed by atoms with Gasteiger partial charge in [-0.05, 0) is 30.3 Å². The molecule has 1 aliphatic rings. The van der Waals surface area contributed by atoms with Crippen molar-refractivity contribution in [2.45, 2.75) is 30.4 Å². The largest absolute Gasteiger partial charge is 0.326 e. The molecule has 0 unspecified atom stereocenters. The number of nitrogens with zero attached hydrogens (tertiary/aromatic N) is 1. The summed E-state index contributed by atoms with van der Waals surface area (Å²) in [5.74, 6) is -0.545. The van der Waals surface area contributed by atoms with Crippen molar-refractivity contribution in [3.05, 3.63) is 48.5 Å². The molecular formula is C20H21N3O3S. The topological polar surface area (TPSA) is 78.5 Å².